The van der Waals surface area contributed by atoms with Gasteiger partial charge in [-0.3, -0.25) is 0 Å². The van der Waals surface area contributed by atoms with E-state index in [2.05, 4.69) is 40.7 Å². The van der Waals surface area contributed by atoms with E-state index in [0.29, 0.717) is 24.9 Å². The van der Waals surface area contributed by atoms with Crippen molar-refractivity contribution in [3.05, 3.63) is 33.9 Å². The van der Waals surface area contributed by atoms with Crippen molar-refractivity contribution in [2.24, 2.45) is 17.4 Å². The van der Waals surface area contributed by atoms with Crippen molar-refractivity contribution in [2.75, 3.05) is 13.1 Å². The molecule has 4 N–H and O–H groups in total. The van der Waals surface area contributed by atoms with Gasteiger partial charge in [0.25, 0.3) is 0 Å². The van der Waals surface area contributed by atoms with Gasteiger partial charge in [0.15, 0.2) is 0 Å². The van der Waals surface area contributed by atoms with Gasteiger partial charge in [-0.2, -0.15) is 0 Å². The molecule has 0 saturated carbocycles. The first-order chi connectivity index (χ1) is 8.96. The van der Waals surface area contributed by atoms with Crippen LogP contribution >= 0.6 is 0 Å². The van der Waals surface area contributed by atoms with E-state index in [1.807, 2.05) is 0 Å². The van der Waals surface area contributed by atoms with E-state index in [-0.39, 0.29) is 0 Å². The molecule has 0 heterocycles. The van der Waals surface area contributed by atoms with Crippen LogP contribution in [0.15, 0.2) is 6.07 Å². The first kappa shape index (κ1) is 16.2. The number of hydrogen-bond donors (Lipinski definition) is 2. The van der Waals surface area contributed by atoms with Gasteiger partial charge in [-0.25, -0.2) is 0 Å². The molecule has 0 aromatic heterocycles. The van der Waals surface area contributed by atoms with E-state index in [4.69, 9.17) is 11.5 Å². The minimum absolute atomic E-state index is 0.435. The molecule has 0 amide bonds. The summed E-state index contributed by atoms with van der Waals surface area (Å²) in [6.07, 6.45) is 2.26. The monoisotopic (exact) mass is 262 g/mol. The molecule has 1 unspecified atom stereocenters. The van der Waals surface area contributed by atoms with Gasteiger partial charge in [-0.1, -0.05) is 13.0 Å². The van der Waals surface area contributed by atoms with Crippen molar-refractivity contribution >= 4 is 0 Å². The zero-order valence-corrected chi connectivity index (χ0v) is 13.2. The standard InChI is InChI=1S/C17H30N2/c1-6-16(8-15(9-18)10-19)17-13(4)11(2)7-12(3)14(17)5/h7,15-16H,6,8-10,18-19H2,1-5H3. The average molecular weight is 262 g/mol. The molecular formula is C17H30N2. The Hall–Kier alpha value is -0.860. The van der Waals surface area contributed by atoms with E-state index in [9.17, 15) is 0 Å². The lowest BCUT2D eigenvalue weighted by atomic mass is 9.80. The molecule has 0 aliphatic carbocycles. The van der Waals surface area contributed by atoms with Crippen LogP contribution in [0.2, 0.25) is 0 Å². The molecule has 0 saturated heterocycles. The molecule has 0 radical (unpaired) electrons. The van der Waals surface area contributed by atoms with Gasteiger partial charge in [0, 0.05) is 0 Å². The van der Waals surface area contributed by atoms with Crippen molar-refractivity contribution in [2.45, 2.75) is 53.4 Å². The zero-order valence-electron chi connectivity index (χ0n) is 13.2. The van der Waals surface area contributed by atoms with E-state index in [0.717, 1.165) is 12.8 Å². The summed E-state index contributed by atoms with van der Waals surface area (Å²) in [6, 6.07) is 2.30. The highest BCUT2D eigenvalue weighted by atomic mass is 14.6. The lowest BCUT2D eigenvalue weighted by molar-refractivity contribution is 0.440. The highest BCUT2D eigenvalue weighted by molar-refractivity contribution is 5.46. The maximum absolute atomic E-state index is 5.82. The maximum atomic E-state index is 5.82. The second-order valence-electron chi connectivity index (χ2n) is 5.85. The summed E-state index contributed by atoms with van der Waals surface area (Å²) in [5.74, 6) is 1.01. The fourth-order valence-corrected chi connectivity index (χ4v) is 3.04. The molecule has 108 valence electrons. The molecule has 0 bridgehead atoms. The molecule has 19 heavy (non-hydrogen) atoms. The summed E-state index contributed by atoms with van der Waals surface area (Å²) in [4.78, 5) is 0. The van der Waals surface area contributed by atoms with Gasteiger partial charge in [0.2, 0.25) is 0 Å². The Labute approximate surface area is 118 Å². The number of benzene rings is 1. The molecule has 1 aromatic carbocycles. The Morgan fingerprint density at radius 1 is 0.947 bits per heavy atom. The second kappa shape index (κ2) is 7.06. The molecular weight excluding hydrogens is 232 g/mol. The topological polar surface area (TPSA) is 52.0 Å². The van der Waals surface area contributed by atoms with Crippen LogP contribution in [0, 0.1) is 33.6 Å². The fraction of sp³-hybridized carbons (Fsp3) is 0.647. The van der Waals surface area contributed by atoms with Gasteiger partial charge in [0.1, 0.15) is 0 Å². The van der Waals surface area contributed by atoms with Crippen molar-refractivity contribution in [1.82, 2.24) is 0 Å². The number of rotatable bonds is 6. The molecule has 0 spiro atoms. The lowest BCUT2D eigenvalue weighted by Gasteiger charge is -2.26. The van der Waals surface area contributed by atoms with Crippen molar-refractivity contribution in [1.29, 1.82) is 0 Å². The molecule has 1 aromatic rings. The second-order valence-corrected chi connectivity index (χ2v) is 5.85. The Morgan fingerprint density at radius 2 is 1.42 bits per heavy atom. The fourth-order valence-electron chi connectivity index (χ4n) is 3.04. The smallest absolute Gasteiger partial charge is 0.00366 e. The van der Waals surface area contributed by atoms with Crippen LogP contribution in [0.5, 0.6) is 0 Å². The third-order valence-electron chi connectivity index (χ3n) is 4.61. The SMILES string of the molecule is CCC(CC(CN)CN)c1c(C)c(C)cc(C)c1C. The molecule has 2 heteroatoms. The Morgan fingerprint density at radius 3 is 1.79 bits per heavy atom. The average Bonchev–Trinajstić information content (AvgIpc) is 2.40. The predicted octanol–water partition coefficient (Wildman–Crippen LogP) is 3.34. The van der Waals surface area contributed by atoms with Crippen LogP contribution in [0.3, 0.4) is 0 Å². The van der Waals surface area contributed by atoms with Crippen molar-refractivity contribution in [3.63, 3.8) is 0 Å². The summed E-state index contributed by atoms with van der Waals surface area (Å²) >= 11 is 0. The Kier molecular flexibility index (Phi) is 6.02. The van der Waals surface area contributed by atoms with Crippen LogP contribution in [0.1, 0.15) is 53.5 Å². The Bertz CT molecular complexity index is 394. The normalized spacial score (nSPS) is 13.1. The minimum Gasteiger partial charge on any atom is -0.330 e. The summed E-state index contributed by atoms with van der Waals surface area (Å²) in [5.41, 5.74) is 18.9. The minimum atomic E-state index is 0.435. The third-order valence-corrected chi connectivity index (χ3v) is 4.61. The van der Waals surface area contributed by atoms with Crippen LogP contribution < -0.4 is 11.5 Å². The van der Waals surface area contributed by atoms with Crippen molar-refractivity contribution < 1.29 is 0 Å². The Balaban J connectivity index is 3.17. The van der Waals surface area contributed by atoms with Gasteiger partial charge >= 0.3 is 0 Å². The van der Waals surface area contributed by atoms with E-state index in [1.165, 1.54) is 27.8 Å². The summed E-state index contributed by atoms with van der Waals surface area (Å²) in [6.45, 7) is 12.6. The van der Waals surface area contributed by atoms with E-state index >= 15 is 0 Å². The number of hydrogen-bond acceptors (Lipinski definition) is 2. The van der Waals surface area contributed by atoms with Gasteiger partial charge in [0.05, 0.1) is 0 Å². The van der Waals surface area contributed by atoms with Crippen LogP contribution in [0.25, 0.3) is 0 Å². The van der Waals surface area contributed by atoms with Gasteiger partial charge in [-0.15, -0.1) is 0 Å². The maximum Gasteiger partial charge on any atom is -0.00366 e. The number of nitrogens with two attached hydrogens (primary N) is 2. The molecule has 1 rings (SSSR count). The quantitative estimate of drug-likeness (QED) is 0.826. The first-order valence-electron chi connectivity index (χ1n) is 7.43. The van der Waals surface area contributed by atoms with E-state index in [1.54, 1.807) is 0 Å². The predicted molar refractivity (Wildman–Crippen MR) is 84.6 cm³/mol. The molecule has 0 aliphatic heterocycles. The van der Waals surface area contributed by atoms with Crippen LogP contribution in [-0.2, 0) is 0 Å². The van der Waals surface area contributed by atoms with Gasteiger partial charge in [-0.05, 0) is 93.3 Å². The summed E-state index contributed by atoms with van der Waals surface area (Å²) in [5, 5.41) is 0. The lowest BCUT2D eigenvalue weighted by Crippen LogP contribution is -2.25. The molecule has 2 nitrogen and oxygen atoms in total. The largest absolute Gasteiger partial charge is 0.330 e. The van der Waals surface area contributed by atoms with E-state index < -0.39 is 0 Å². The zero-order chi connectivity index (χ0) is 14.6. The number of aryl methyl sites for hydroxylation is 2. The van der Waals surface area contributed by atoms with Crippen molar-refractivity contribution in [3.8, 4) is 0 Å². The van der Waals surface area contributed by atoms with Crippen LogP contribution in [-0.4, -0.2) is 13.1 Å². The highest BCUT2D eigenvalue weighted by Gasteiger charge is 2.20. The summed E-state index contributed by atoms with van der Waals surface area (Å²) in [7, 11) is 0. The van der Waals surface area contributed by atoms with Gasteiger partial charge < -0.3 is 11.5 Å². The third kappa shape index (κ3) is 3.58. The summed E-state index contributed by atoms with van der Waals surface area (Å²) < 4.78 is 0. The highest BCUT2D eigenvalue weighted by Crippen LogP contribution is 2.34. The first-order valence-corrected chi connectivity index (χ1v) is 7.43. The molecule has 0 aliphatic rings. The molecule has 1 atom stereocenters. The van der Waals surface area contributed by atoms with Crippen LogP contribution in [0.4, 0.5) is 0 Å². The molecule has 0 fully saturated rings.